The zero-order valence-electron chi connectivity index (χ0n) is 35.9. The van der Waals surface area contributed by atoms with Gasteiger partial charge in [0.1, 0.15) is 0 Å². The summed E-state index contributed by atoms with van der Waals surface area (Å²) in [5.41, 5.74) is 15.0. The van der Waals surface area contributed by atoms with Crippen molar-refractivity contribution in [2.45, 2.75) is 0 Å². The number of hydrogen-bond donors (Lipinski definition) is 0. The third-order valence-corrected chi connectivity index (χ3v) is 12.5. The Hall–Kier alpha value is -8.86. The number of fused-ring (bicyclic) bond motifs is 4. The Kier molecular flexibility index (Phi) is 9.81. The molecular formula is C62H40N4. The molecule has 2 heterocycles. The lowest BCUT2D eigenvalue weighted by Crippen LogP contribution is -2.00. The van der Waals surface area contributed by atoms with Gasteiger partial charge in [0, 0.05) is 33.0 Å². The van der Waals surface area contributed by atoms with E-state index in [4.69, 9.17) is 19.9 Å². The lowest BCUT2D eigenvalue weighted by molar-refractivity contribution is 1.07. The van der Waals surface area contributed by atoms with E-state index in [1.807, 2.05) is 12.1 Å². The highest BCUT2D eigenvalue weighted by Crippen LogP contribution is 2.37. The summed E-state index contributed by atoms with van der Waals surface area (Å²) >= 11 is 0. The molecule has 12 aromatic rings. The van der Waals surface area contributed by atoms with Crippen molar-refractivity contribution >= 4 is 32.4 Å². The minimum Gasteiger partial charge on any atom is -0.247 e. The quantitative estimate of drug-likeness (QED) is 0.113. The molecule has 0 aliphatic carbocycles. The predicted molar refractivity (Wildman–Crippen MR) is 274 cm³/mol. The van der Waals surface area contributed by atoms with Crippen LogP contribution in [0.25, 0.3) is 122 Å². The first-order chi connectivity index (χ1) is 32.7. The lowest BCUT2D eigenvalue weighted by atomic mass is 9.95. The van der Waals surface area contributed by atoms with E-state index in [9.17, 15) is 0 Å². The largest absolute Gasteiger partial charge is 0.247 e. The highest BCUT2D eigenvalue weighted by molar-refractivity contribution is 6.14. The Morgan fingerprint density at radius 1 is 0.197 bits per heavy atom. The van der Waals surface area contributed by atoms with Gasteiger partial charge < -0.3 is 0 Å². The maximum atomic E-state index is 5.32. The second-order valence-corrected chi connectivity index (χ2v) is 16.7. The van der Waals surface area contributed by atoms with Crippen LogP contribution in [-0.4, -0.2) is 19.9 Å². The van der Waals surface area contributed by atoms with Gasteiger partial charge in [0.15, 0.2) is 17.5 Å². The fraction of sp³-hybridized carbons (Fsp3) is 0. The number of benzene rings is 10. The first kappa shape index (κ1) is 38.8. The molecule has 0 fully saturated rings. The van der Waals surface area contributed by atoms with E-state index in [-0.39, 0.29) is 0 Å². The third kappa shape index (κ3) is 7.47. The lowest BCUT2D eigenvalue weighted by Gasteiger charge is -2.13. The summed E-state index contributed by atoms with van der Waals surface area (Å²) in [5, 5.41) is 5.93. The van der Waals surface area contributed by atoms with Crippen LogP contribution < -0.4 is 0 Å². The van der Waals surface area contributed by atoms with Gasteiger partial charge in [0.05, 0.1) is 11.2 Å². The summed E-state index contributed by atoms with van der Waals surface area (Å²) in [6.07, 6.45) is 0. The molecule has 0 bridgehead atoms. The molecule has 0 saturated carbocycles. The van der Waals surface area contributed by atoms with Crippen LogP contribution in [0.1, 0.15) is 0 Å². The van der Waals surface area contributed by atoms with Gasteiger partial charge in [-0.15, -0.1) is 0 Å². The van der Waals surface area contributed by atoms with Crippen molar-refractivity contribution in [1.29, 1.82) is 0 Å². The van der Waals surface area contributed by atoms with Gasteiger partial charge in [0.2, 0.25) is 0 Å². The molecule has 0 amide bonds. The summed E-state index contributed by atoms with van der Waals surface area (Å²) in [4.78, 5) is 20.5. The molecule has 0 spiro atoms. The summed E-state index contributed by atoms with van der Waals surface area (Å²) in [6.45, 7) is 0. The maximum Gasteiger partial charge on any atom is 0.164 e. The zero-order chi connectivity index (χ0) is 43.8. The molecule has 66 heavy (non-hydrogen) atoms. The van der Waals surface area contributed by atoms with Crippen LogP contribution in [0.2, 0.25) is 0 Å². The highest BCUT2D eigenvalue weighted by atomic mass is 15.0. The van der Waals surface area contributed by atoms with Crippen LogP contribution in [0.5, 0.6) is 0 Å². The van der Waals surface area contributed by atoms with Gasteiger partial charge >= 0.3 is 0 Å². The van der Waals surface area contributed by atoms with Gasteiger partial charge in [-0.25, -0.2) is 19.9 Å². The van der Waals surface area contributed by atoms with E-state index in [1.165, 1.54) is 32.7 Å². The van der Waals surface area contributed by atoms with E-state index in [2.05, 4.69) is 231 Å². The van der Waals surface area contributed by atoms with Crippen molar-refractivity contribution in [1.82, 2.24) is 19.9 Å². The average molecular weight is 841 g/mol. The summed E-state index contributed by atoms with van der Waals surface area (Å²) in [6, 6.07) is 85.4. The number of rotatable bonds is 8. The molecule has 0 radical (unpaired) electrons. The molecule has 308 valence electrons. The third-order valence-electron chi connectivity index (χ3n) is 12.5. The molecule has 2 aromatic heterocycles. The van der Waals surface area contributed by atoms with E-state index < -0.39 is 0 Å². The van der Waals surface area contributed by atoms with Crippen molar-refractivity contribution in [2.75, 3.05) is 0 Å². The Bertz CT molecular complexity index is 3610. The van der Waals surface area contributed by atoms with Crippen LogP contribution >= 0.6 is 0 Å². The SMILES string of the molecule is c1ccc(-c2ccc(-c3nc(-c4ccc(-c5ccccc5)cc4)nc(-c4ccc(-c5cccc(-c6cccc(-c7nc8cc9ccccc9cc8c8ccccc78)c6)c5)cc4)n3)cc2)cc1. The Morgan fingerprint density at radius 3 is 1.06 bits per heavy atom. The molecule has 0 N–H and O–H groups in total. The smallest absolute Gasteiger partial charge is 0.164 e. The van der Waals surface area contributed by atoms with Crippen LogP contribution in [0.15, 0.2) is 243 Å². The molecule has 0 unspecified atom stereocenters. The number of hydrogen-bond acceptors (Lipinski definition) is 4. The maximum absolute atomic E-state index is 5.32. The zero-order valence-corrected chi connectivity index (χ0v) is 35.9. The van der Waals surface area contributed by atoms with Crippen molar-refractivity contribution in [3.63, 3.8) is 0 Å². The normalized spacial score (nSPS) is 11.3. The van der Waals surface area contributed by atoms with Gasteiger partial charge in [-0.1, -0.05) is 218 Å². The second-order valence-electron chi connectivity index (χ2n) is 16.7. The van der Waals surface area contributed by atoms with E-state index in [0.29, 0.717) is 17.5 Å². The number of pyridine rings is 1. The van der Waals surface area contributed by atoms with Crippen molar-refractivity contribution in [3.8, 4) is 89.9 Å². The first-order valence-corrected chi connectivity index (χ1v) is 22.3. The van der Waals surface area contributed by atoms with Gasteiger partial charge in [-0.05, 0) is 84.9 Å². The Labute approximate surface area is 383 Å². The van der Waals surface area contributed by atoms with Gasteiger partial charge in [-0.2, -0.15) is 0 Å². The molecule has 0 saturated heterocycles. The molecule has 0 atom stereocenters. The Balaban J connectivity index is 0.876. The number of aromatic nitrogens is 4. The van der Waals surface area contributed by atoms with Gasteiger partial charge in [0.25, 0.3) is 0 Å². The number of nitrogens with zero attached hydrogens (tertiary/aromatic N) is 4. The fourth-order valence-electron chi connectivity index (χ4n) is 9.05. The van der Waals surface area contributed by atoms with Gasteiger partial charge in [-0.3, -0.25) is 0 Å². The van der Waals surface area contributed by atoms with E-state index in [1.54, 1.807) is 0 Å². The van der Waals surface area contributed by atoms with E-state index >= 15 is 0 Å². The second kappa shape index (κ2) is 16.7. The minimum absolute atomic E-state index is 0.620. The molecule has 0 aliphatic rings. The fourth-order valence-corrected chi connectivity index (χ4v) is 9.05. The van der Waals surface area contributed by atoms with Crippen molar-refractivity contribution in [2.24, 2.45) is 0 Å². The standard InChI is InChI=1S/C62H40N4/c1-3-13-41(14-4-1)43-25-31-46(32-26-43)60-64-61(47-33-27-44(28-34-47)42-15-5-2-6-16-42)66-62(65-60)48-35-29-45(30-36-48)49-19-11-20-50(37-49)51-21-12-22-54(38-51)59-56-24-10-9-23-55(56)57-39-52-17-7-8-18-53(52)40-58(57)63-59/h1-40H. The van der Waals surface area contributed by atoms with Crippen LogP contribution in [0.3, 0.4) is 0 Å². The summed E-state index contributed by atoms with van der Waals surface area (Å²) < 4.78 is 0. The molecule has 4 nitrogen and oxygen atoms in total. The van der Waals surface area contributed by atoms with Crippen LogP contribution in [0.4, 0.5) is 0 Å². The van der Waals surface area contributed by atoms with Crippen molar-refractivity contribution < 1.29 is 0 Å². The minimum atomic E-state index is 0.620. The van der Waals surface area contributed by atoms with E-state index in [0.717, 1.165) is 72.2 Å². The molecule has 10 aromatic carbocycles. The predicted octanol–water partition coefficient (Wildman–Crippen LogP) is 16.1. The first-order valence-electron chi connectivity index (χ1n) is 22.3. The topological polar surface area (TPSA) is 51.6 Å². The summed E-state index contributed by atoms with van der Waals surface area (Å²) in [7, 11) is 0. The average Bonchev–Trinajstić information content (AvgIpc) is 3.40. The molecule has 4 heteroatoms. The molecule has 0 aliphatic heterocycles. The summed E-state index contributed by atoms with van der Waals surface area (Å²) in [5.74, 6) is 1.87. The van der Waals surface area contributed by atoms with Crippen molar-refractivity contribution in [3.05, 3.63) is 243 Å². The molecular weight excluding hydrogens is 801 g/mol. The molecule has 12 rings (SSSR count). The monoisotopic (exact) mass is 840 g/mol. The van der Waals surface area contributed by atoms with Crippen LogP contribution in [0, 0.1) is 0 Å². The Morgan fingerprint density at radius 2 is 0.545 bits per heavy atom. The highest BCUT2D eigenvalue weighted by Gasteiger charge is 2.15. The van der Waals surface area contributed by atoms with Crippen LogP contribution in [-0.2, 0) is 0 Å².